The van der Waals surface area contributed by atoms with Gasteiger partial charge in [-0.05, 0) is 38.0 Å². The van der Waals surface area contributed by atoms with Crippen molar-refractivity contribution in [2.45, 2.75) is 46.2 Å². The molecule has 0 aromatic heterocycles. The van der Waals surface area contributed by atoms with E-state index in [2.05, 4.69) is 5.32 Å². The maximum atomic E-state index is 13.6. The Morgan fingerprint density at radius 1 is 1.06 bits per heavy atom. The average molecular weight is 520 g/mol. The number of hydrogen-bond acceptors (Lipinski definition) is 6. The van der Waals surface area contributed by atoms with Gasteiger partial charge in [-0.1, -0.05) is 43.2 Å². The lowest BCUT2D eigenvalue weighted by Gasteiger charge is -2.31. The number of nitrogens with one attached hydrogen (secondary N) is 1. The smallest absolute Gasteiger partial charge is 0.244 e. The van der Waals surface area contributed by atoms with Gasteiger partial charge in [0.05, 0.1) is 26.2 Å². The Bertz CT molecular complexity index is 1150. The highest BCUT2D eigenvalue weighted by molar-refractivity contribution is 7.92. The first-order chi connectivity index (χ1) is 17.0. The molecular formula is C26H37N3O6S. The number of unbranched alkanes of at least 4 members (excludes halogenated alkanes) is 1. The van der Waals surface area contributed by atoms with E-state index in [0.29, 0.717) is 18.0 Å². The lowest BCUT2D eigenvalue weighted by molar-refractivity contribution is -0.139. The molecule has 2 amide bonds. The lowest BCUT2D eigenvalue weighted by atomic mass is 10.1. The minimum atomic E-state index is -3.85. The van der Waals surface area contributed by atoms with Crippen molar-refractivity contribution in [1.82, 2.24) is 10.2 Å². The number of aryl methyl sites for hydroxylation is 1. The van der Waals surface area contributed by atoms with E-state index in [0.717, 1.165) is 34.5 Å². The number of sulfonamides is 1. The summed E-state index contributed by atoms with van der Waals surface area (Å²) in [4.78, 5) is 27.9. The number of carbonyl (C=O) groups is 2. The molecule has 2 rings (SSSR count). The van der Waals surface area contributed by atoms with Crippen LogP contribution in [-0.4, -0.2) is 64.7 Å². The summed E-state index contributed by atoms with van der Waals surface area (Å²) >= 11 is 0. The van der Waals surface area contributed by atoms with Crippen molar-refractivity contribution >= 4 is 27.5 Å². The molecule has 0 fully saturated rings. The summed E-state index contributed by atoms with van der Waals surface area (Å²) in [5.74, 6) is -0.0350. The number of anilines is 1. The highest BCUT2D eigenvalue weighted by Gasteiger charge is 2.30. The van der Waals surface area contributed by atoms with Crippen LogP contribution in [0.5, 0.6) is 11.5 Å². The van der Waals surface area contributed by atoms with Crippen LogP contribution in [0.3, 0.4) is 0 Å². The van der Waals surface area contributed by atoms with Crippen LogP contribution in [0.25, 0.3) is 0 Å². The number of ether oxygens (including phenoxy) is 2. The Labute approximate surface area is 214 Å². The highest BCUT2D eigenvalue weighted by Crippen LogP contribution is 2.32. The highest BCUT2D eigenvalue weighted by atomic mass is 32.2. The fourth-order valence-electron chi connectivity index (χ4n) is 3.72. The summed E-state index contributed by atoms with van der Waals surface area (Å²) in [5, 5.41) is 2.86. The second-order valence-electron chi connectivity index (χ2n) is 8.64. The third kappa shape index (κ3) is 7.87. The summed E-state index contributed by atoms with van der Waals surface area (Å²) in [6, 6.07) is 11.4. The number of carbonyl (C=O) groups excluding carboxylic acids is 2. The molecular weight excluding hydrogens is 482 g/mol. The molecule has 9 nitrogen and oxygen atoms in total. The minimum absolute atomic E-state index is 0.159. The molecule has 0 radical (unpaired) electrons. The molecule has 0 aliphatic carbocycles. The molecule has 0 aliphatic rings. The van der Waals surface area contributed by atoms with Gasteiger partial charge in [0.25, 0.3) is 0 Å². The van der Waals surface area contributed by atoms with Crippen molar-refractivity contribution in [2.75, 3.05) is 37.9 Å². The molecule has 2 aromatic rings. The van der Waals surface area contributed by atoms with Gasteiger partial charge in [0, 0.05) is 19.2 Å². The zero-order valence-corrected chi connectivity index (χ0v) is 22.7. The SMILES string of the molecule is CCCCNC(=O)[C@H](C)N(Cc1cccc(C)c1)C(=O)CN(c1ccc(OC)c(OC)c1)S(C)(=O)=O. The molecule has 0 unspecified atom stereocenters. The van der Waals surface area contributed by atoms with E-state index >= 15 is 0 Å². The van der Waals surface area contributed by atoms with Crippen molar-refractivity contribution in [3.05, 3.63) is 53.6 Å². The maximum Gasteiger partial charge on any atom is 0.244 e. The van der Waals surface area contributed by atoms with Gasteiger partial charge in [0.2, 0.25) is 21.8 Å². The fraction of sp³-hybridized carbons (Fsp3) is 0.462. The summed E-state index contributed by atoms with van der Waals surface area (Å²) in [5.41, 5.74) is 2.11. The molecule has 0 saturated heterocycles. The van der Waals surface area contributed by atoms with Crippen LogP contribution in [-0.2, 0) is 26.2 Å². The summed E-state index contributed by atoms with van der Waals surface area (Å²) < 4.78 is 37.0. The Balaban J connectivity index is 2.40. The Morgan fingerprint density at radius 3 is 2.33 bits per heavy atom. The van der Waals surface area contributed by atoms with Crippen LogP contribution in [0.1, 0.15) is 37.8 Å². The molecule has 2 aromatic carbocycles. The van der Waals surface area contributed by atoms with Gasteiger partial charge in [0.1, 0.15) is 12.6 Å². The predicted octanol–water partition coefficient (Wildman–Crippen LogP) is 3.11. The predicted molar refractivity (Wildman–Crippen MR) is 141 cm³/mol. The molecule has 198 valence electrons. The second-order valence-corrected chi connectivity index (χ2v) is 10.5. The number of benzene rings is 2. The number of hydrogen-bond donors (Lipinski definition) is 1. The Hall–Kier alpha value is -3.27. The molecule has 0 aliphatic heterocycles. The summed E-state index contributed by atoms with van der Waals surface area (Å²) in [7, 11) is -0.923. The van der Waals surface area contributed by atoms with Crippen molar-refractivity contribution in [1.29, 1.82) is 0 Å². The topological polar surface area (TPSA) is 105 Å². The van der Waals surface area contributed by atoms with E-state index < -0.39 is 28.5 Å². The minimum Gasteiger partial charge on any atom is -0.493 e. The van der Waals surface area contributed by atoms with Gasteiger partial charge in [-0.15, -0.1) is 0 Å². The van der Waals surface area contributed by atoms with E-state index in [1.165, 1.54) is 25.2 Å². The Morgan fingerprint density at radius 2 is 1.75 bits per heavy atom. The van der Waals surface area contributed by atoms with E-state index in [-0.39, 0.29) is 18.1 Å². The van der Waals surface area contributed by atoms with Gasteiger partial charge in [-0.2, -0.15) is 0 Å². The standard InChI is InChI=1S/C26H37N3O6S/c1-7-8-14-27-26(31)20(3)28(17-21-11-9-10-19(2)15-21)25(30)18-29(36(6,32)33)22-12-13-23(34-4)24(16-22)35-5/h9-13,15-16,20H,7-8,14,17-18H2,1-6H3,(H,27,31)/t20-/m0/s1. The van der Waals surface area contributed by atoms with Crippen LogP contribution >= 0.6 is 0 Å². The van der Waals surface area contributed by atoms with Crippen molar-refractivity contribution in [3.8, 4) is 11.5 Å². The zero-order chi connectivity index (χ0) is 26.9. The van der Waals surface area contributed by atoms with Crippen LogP contribution in [0, 0.1) is 6.92 Å². The third-order valence-electron chi connectivity index (χ3n) is 5.77. The van der Waals surface area contributed by atoms with Crippen LogP contribution in [0.2, 0.25) is 0 Å². The zero-order valence-electron chi connectivity index (χ0n) is 21.9. The number of methoxy groups -OCH3 is 2. The average Bonchev–Trinajstić information content (AvgIpc) is 2.84. The van der Waals surface area contributed by atoms with E-state index in [1.807, 2.05) is 38.1 Å². The first-order valence-corrected chi connectivity index (χ1v) is 13.7. The third-order valence-corrected chi connectivity index (χ3v) is 6.91. The van der Waals surface area contributed by atoms with Crippen molar-refractivity contribution in [2.24, 2.45) is 0 Å². The Kier molecular flexibility index (Phi) is 10.6. The van der Waals surface area contributed by atoms with E-state index in [1.54, 1.807) is 19.1 Å². The molecule has 1 N–H and O–H groups in total. The molecule has 1 atom stereocenters. The molecule has 0 saturated carbocycles. The van der Waals surface area contributed by atoms with Crippen LogP contribution in [0.4, 0.5) is 5.69 Å². The van der Waals surface area contributed by atoms with Crippen molar-refractivity contribution < 1.29 is 27.5 Å². The molecule has 0 spiro atoms. The molecule has 36 heavy (non-hydrogen) atoms. The number of amides is 2. The first-order valence-electron chi connectivity index (χ1n) is 11.8. The molecule has 0 bridgehead atoms. The molecule has 0 heterocycles. The second kappa shape index (κ2) is 13.2. The molecule has 10 heteroatoms. The summed E-state index contributed by atoms with van der Waals surface area (Å²) in [6.07, 6.45) is 2.78. The van der Waals surface area contributed by atoms with E-state index in [4.69, 9.17) is 9.47 Å². The largest absolute Gasteiger partial charge is 0.493 e. The van der Waals surface area contributed by atoms with Crippen LogP contribution in [0.15, 0.2) is 42.5 Å². The monoisotopic (exact) mass is 519 g/mol. The quantitative estimate of drug-likeness (QED) is 0.408. The van der Waals surface area contributed by atoms with E-state index in [9.17, 15) is 18.0 Å². The lowest BCUT2D eigenvalue weighted by Crippen LogP contribution is -2.51. The maximum absolute atomic E-state index is 13.6. The fourth-order valence-corrected chi connectivity index (χ4v) is 4.56. The van der Waals surface area contributed by atoms with Gasteiger partial charge >= 0.3 is 0 Å². The normalized spacial score (nSPS) is 11.9. The first kappa shape index (κ1) is 29.0. The van der Waals surface area contributed by atoms with Gasteiger partial charge in [-0.3, -0.25) is 13.9 Å². The number of rotatable bonds is 13. The van der Waals surface area contributed by atoms with Gasteiger partial charge < -0.3 is 19.7 Å². The number of nitrogens with zero attached hydrogens (tertiary/aromatic N) is 2. The van der Waals surface area contributed by atoms with Gasteiger partial charge in [-0.25, -0.2) is 8.42 Å². The van der Waals surface area contributed by atoms with Crippen molar-refractivity contribution in [3.63, 3.8) is 0 Å². The van der Waals surface area contributed by atoms with Crippen LogP contribution < -0.4 is 19.1 Å². The van der Waals surface area contributed by atoms with Gasteiger partial charge in [0.15, 0.2) is 11.5 Å². The summed E-state index contributed by atoms with van der Waals surface area (Å²) in [6.45, 7) is 5.80.